The first kappa shape index (κ1) is 12.5. The van der Waals surface area contributed by atoms with Gasteiger partial charge < -0.3 is 15.4 Å². The van der Waals surface area contributed by atoms with Gasteiger partial charge in [-0.3, -0.25) is 4.79 Å². The number of methoxy groups -OCH3 is 1. The fourth-order valence-corrected chi connectivity index (χ4v) is 1.31. The highest BCUT2D eigenvalue weighted by molar-refractivity contribution is 5.76. The Morgan fingerprint density at radius 2 is 2.13 bits per heavy atom. The molecule has 0 heterocycles. The van der Waals surface area contributed by atoms with Crippen molar-refractivity contribution in [1.29, 1.82) is 0 Å². The first-order valence-electron chi connectivity index (χ1n) is 5.69. The van der Waals surface area contributed by atoms with E-state index in [9.17, 15) is 4.79 Å². The third kappa shape index (κ3) is 5.14. The Kier molecular flexibility index (Phi) is 5.05. The van der Waals surface area contributed by atoms with Crippen molar-refractivity contribution in [3.8, 4) is 0 Å². The molecule has 1 aliphatic carbocycles. The lowest BCUT2D eigenvalue weighted by atomic mass is 10.2. The molecule has 1 amide bonds. The van der Waals surface area contributed by atoms with Gasteiger partial charge in [0.1, 0.15) is 0 Å². The molecule has 0 radical (unpaired) electrons. The van der Waals surface area contributed by atoms with Gasteiger partial charge in [0.05, 0.1) is 6.10 Å². The fraction of sp³-hybridized carbons (Fsp3) is 0.909. The number of hydrogen-bond acceptors (Lipinski definition) is 3. The predicted octanol–water partition coefficient (Wildman–Crippen LogP) is 0.668. The van der Waals surface area contributed by atoms with Crippen LogP contribution in [-0.4, -0.2) is 37.7 Å². The van der Waals surface area contributed by atoms with Crippen LogP contribution in [0.15, 0.2) is 0 Å². The standard InChI is InChI=1S/C11H22N2O2/c1-8(9(2)15-3)12-7-6-11(14)13-10-4-5-10/h8-10,12H,4-7H2,1-3H3,(H,13,14). The van der Waals surface area contributed by atoms with Gasteiger partial charge in [0.2, 0.25) is 5.91 Å². The van der Waals surface area contributed by atoms with Crippen molar-refractivity contribution < 1.29 is 9.53 Å². The SMILES string of the molecule is COC(C)C(C)NCCC(=O)NC1CC1. The third-order valence-corrected chi connectivity index (χ3v) is 2.84. The minimum atomic E-state index is 0.155. The Morgan fingerprint density at radius 1 is 1.47 bits per heavy atom. The quantitative estimate of drug-likeness (QED) is 0.655. The minimum absolute atomic E-state index is 0.155. The second kappa shape index (κ2) is 6.08. The maximum Gasteiger partial charge on any atom is 0.221 e. The molecule has 0 aromatic carbocycles. The minimum Gasteiger partial charge on any atom is -0.380 e. The molecule has 4 heteroatoms. The summed E-state index contributed by atoms with van der Waals surface area (Å²) in [7, 11) is 1.70. The monoisotopic (exact) mass is 214 g/mol. The van der Waals surface area contributed by atoms with Gasteiger partial charge in [0.15, 0.2) is 0 Å². The highest BCUT2D eigenvalue weighted by Crippen LogP contribution is 2.18. The lowest BCUT2D eigenvalue weighted by molar-refractivity contribution is -0.121. The topological polar surface area (TPSA) is 50.4 Å². The molecule has 88 valence electrons. The summed E-state index contributed by atoms with van der Waals surface area (Å²) in [5, 5.41) is 6.23. The maximum atomic E-state index is 11.3. The van der Waals surface area contributed by atoms with E-state index in [-0.39, 0.29) is 18.1 Å². The van der Waals surface area contributed by atoms with Gasteiger partial charge in [-0.25, -0.2) is 0 Å². The Hall–Kier alpha value is -0.610. The zero-order valence-corrected chi connectivity index (χ0v) is 9.88. The molecule has 0 aliphatic heterocycles. The van der Waals surface area contributed by atoms with E-state index in [2.05, 4.69) is 17.6 Å². The average molecular weight is 214 g/mol. The normalized spacial score (nSPS) is 19.7. The number of carbonyl (C=O) groups excluding carboxylic acids is 1. The van der Waals surface area contributed by atoms with Gasteiger partial charge >= 0.3 is 0 Å². The molecular weight excluding hydrogens is 192 g/mol. The molecule has 2 unspecified atom stereocenters. The maximum absolute atomic E-state index is 11.3. The summed E-state index contributed by atoms with van der Waals surface area (Å²) in [6.45, 7) is 4.79. The zero-order chi connectivity index (χ0) is 11.3. The van der Waals surface area contributed by atoms with Crippen LogP contribution in [0.4, 0.5) is 0 Å². The van der Waals surface area contributed by atoms with Gasteiger partial charge in [-0.2, -0.15) is 0 Å². The second-order valence-electron chi connectivity index (χ2n) is 4.28. The largest absolute Gasteiger partial charge is 0.380 e. The number of nitrogens with one attached hydrogen (secondary N) is 2. The predicted molar refractivity (Wildman–Crippen MR) is 59.7 cm³/mol. The molecular formula is C11H22N2O2. The number of amides is 1. The van der Waals surface area contributed by atoms with Crippen LogP contribution in [-0.2, 0) is 9.53 Å². The first-order chi connectivity index (χ1) is 7.13. The lowest BCUT2D eigenvalue weighted by Crippen LogP contribution is -2.39. The number of ether oxygens (including phenoxy) is 1. The Bertz CT molecular complexity index is 205. The van der Waals surface area contributed by atoms with E-state index in [1.807, 2.05) is 6.92 Å². The molecule has 1 fully saturated rings. The highest BCUT2D eigenvalue weighted by atomic mass is 16.5. The molecule has 0 aromatic heterocycles. The van der Waals surface area contributed by atoms with E-state index in [0.717, 1.165) is 12.8 Å². The van der Waals surface area contributed by atoms with E-state index in [1.165, 1.54) is 0 Å². The molecule has 4 nitrogen and oxygen atoms in total. The van der Waals surface area contributed by atoms with Crippen LogP contribution in [0.1, 0.15) is 33.1 Å². The van der Waals surface area contributed by atoms with Crippen molar-refractivity contribution in [2.24, 2.45) is 0 Å². The van der Waals surface area contributed by atoms with Crippen molar-refractivity contribution >= 4 is 5.91 Å². The first-order valence-corrected chi connectivity index (χ1v) is 5.69. The zero-order valence-electron chi connectivity index (χ0n) is 9.88. The Labute approximate surface area is 91.8 Å². The van der Waals surface area contributed by atoms with E-state index in [1.54, 1.807) is 7.11 Å². The van der Waals surface area contributed by atoms with Gasteiger partial charge in [-0.1, -0.05) is 0 Å². The molecule has 0 aromatic rings. The van der Waals surface area contributed by atoms with Gasteiger partial charge in [-0.05, 0) is 26.7 Å². The van der Waals surface area contributed by atoms with Gasteiger partial charge in [-0.15, -0.1) is 0 Å². The van der Waals surface area contributed by atoms with Gasteiger partial charge in [0, 0.05) is 32.2 Å². The Morgan fingerprint density at radius 3 is 2.67 bits per heavy atom. The smallest absolute Gasteiger partial charge is 0.221 e. The summed E-state index contributed by atoms with van der Waals surface area (Å²) in [6.07, 6.45) is 3.03. The van der Waals surface area contributed by atoms with Crippen LogP contribution in [0.3, 0.4) is 0 Å². The van der Waals surface area contributed by atoms with Crippen LogP contribution >= 0.6 is 0 Å². The molecule has 2 atom stereocenters. The summed E-state index contributed by atoms with van der Waals surface area (Å²) in [6, 6.07) is 0.747. The number of hydrogen-bond donors (Lipinski definition) is 2. The van der Waals surface area contributed by atoms with E-state index < -0.39 is 0 Å². The van der Waals surface area contributed by atoms with E-state index in [4.69, 9.17) is 4.74 Å². The molecule has 1 rings (SSSR count). The molecule has 2 N–H and O–H groups in total. The van der Waals surface area contributed by atoms with E-state index >= 15 is 0 Å². The molecule has 0 spiro atoms. The van der Waals surface area contributed by atoms with Gasteiger partial charge in [0.25, 0.3) is 0 Å². The van der Waals surface area contributed by atoms with Crippen LogP contribution in [0.5, 0.6) is 0 Å². The Balaban J connectivity index is 2.01. The van der Waals surface area contributed by atoms with Crippen LogP contribution in [0.2, 0.25) is 0 Å². The summed E-state index contributed by atoms with van der Waals surface area (Å²) < 4.78 is 5.18. The summed E-state index contributed by atoms with van der Waals surface area (Å²) in [4.78, 5) is 11.3. The molecule has 1 saturated carbocycles. The van der Waals surface area contributed by atoms with Crippen molar-refractivity contribution in [3.63, 3.8) is 0 Å². The molecule has 0 bridgehead atoms. The molecule has 1 aliphatic rings. The lowest BCUT2D eigenvalue weighted by Gasteiger charge is -2.19. The van der Waals surface area contributed by atoms with Crippen molar-refractivity contribution in [2.75, 3.05) is 13.7 Å². The average Bonchev–Trinajstić information content (AvgIpc) is 3.00. The fourth-order valence-electron chi connectivity index (χ4n) is 1.31. The van der Waals surface area contributed by atoms with Crippen molar-refractivity contribution in [3.05, 3.63) is 0 Å². The van der Waals surface area contributed by atoms with Crippen molar-refractivity contribution in [2.45, 2.75) is 51.3 Å². The van der Waals surface area contributed by atoms with Crippen LogP contribution < -0.4 is 10.6 Å². The molecule has 15 heavy (non-hydrogen) atoms. The van der Waals surface area contributed by atoms with Crippen LogP contribution in [0.25, 0.3) is 0 Å². The number of rotatable bonds is 7. The summed E-state index contributed by atoms with van der Waals surface area (Å²) in [5.41, 5.74) is 0. The number of carbonyl (C=O) groups is 1. The molecule has 0 saturated heterocycles. The van der Waals surface area contributed by atoms with Crippen molar-refractivity contribution in [1.82, 2.24) is 10.6 Å². The summed E-state index contributed by atoms with van der Waals surface area (Å²) in [5.74, 6) is 0.155. The highest BCUT2D eigenvalue weighted by Gasteiger charge is 2.22. The second-order valence-corrected chi connectivity index (χ2v) is 4.28. The third-order valence-electron chi connectivity index (χ3n) is 2.84. The van der Waals surface area contributed by atoms with E-state index in [0.29, 0.717) is 19.0 Å². The van der Waals surface area contributed by atoms with Crippen LogP contribution in [0, 0.1) is 0 Å². The summed E-state index contributed by atoms with van der Waals surface area (Å²) >= 11 is 0.